The van der Waals surface area contributed by atoms with Crippen LogP contribution in [-0.2, 0) is 14.3 Å². The lowest BCUT2D eigenvalue weighted by atomic mass is 10.0. The molecule has 126 valence electrons. The van der Waals surface area contributed by atoms with Gasteiger partial charge >= 0.3 is 5.97 Å². The highest BCUT2D eigenvalue weighted by atomic mass is 79.9. The molecule has 0 spiro atoms. The van der Waals surface area contributed by atoms with E-state index in [1.54, 1.807) is 0 Å². The number of ether oxygens (including phenoxy) is 1. The number of benzene rings is 1. The van der Waals surface area contributed by atoms with Gasteiger partial charge in [0.2, 0.25) is 5.60 Å². The summed E-state index contributed by atoms with van der Waals surface area (Å²) in [6.45, 7) is 3.45. The summed E-state index contributed by atoms with van der Waals surface area (Å²) in [5, 5.41) is 11.8. The van der Waals surface area contributed by atoms with Crippen LogP contribution in [0.2, 0.25) is 0 Å². The third-order valence-electron chi connectivity index (χ3n) is 4.28. The number of hydrogen-bond donors (Lipinski definition) is 2. The van der Waals surface area contributed by atoms with E-state index in [1.807, 2.05) is 12.1 Å². The quantitative estimate of drug-likeness (QED) is 0.732. The van der Waals surface area contributed by atoms with Crippen LogP contribution < -0.4 is 10.2 Å². The average Bonchev–Trinajstić information content (AvgIpc) is 3.01. The molecule has 0 aromatic heterocycles. The third kappa shape index (κ3) is 4.03. The van der Waals surface area contributed by atoms with E-state index >= 15 is 0 Å². The van der Waals surface area contributed by atoms with Crippen molar-refractivity contribution in [1.82, 2.24) is 5.32 Å². The van der Waals surface area contributed by atoms with Crippen LogP contribution in [0.3, 0.4) is 0 Å². The zero-order chi connectivity index (χ0) is 17.0. The van der Waals surface area contributed by atoms with Gasteiger partial charge in [-0.1, -0.05) is 15.9 Å². The van der Waals surface area contributed by atoms with Crippen molar-refractivity contribution in [3.05, 3.63) is 28.7 Å². The van der Waals surface area contributed by atoms with Crippen molar-refractivity contribution < 1.29 is 19.4 Å². The molecule has 1 aliphatic heterocycles. The van der Waals surface area contributed by atoms with Crippen LogP contribution in [-0.4, -0.2) is 49.3 Å². The van der Waals surface area contributed by atoms with Gasteiger partial charge in [-0.15, -0.1) is 0 Å². The second-order valence-electron chi connectivity index (χ2n) is 5.83. The Labute approximate surface area is 143 Å². The number of nitrogens with zero attached hydrogens (tertiary/aromatic N) is 1. The van der Waals surface area contributed by atoms with E-state index in [4.69, 9.17) is 9.84 Å². The molecule has 2 N–H and O–H groups in total. The van der Waals surface area contributed by atoms with E-state index in [0.29, 0.717) is 6.54 Å². The first-order valence-corrected chi connectivity index (χ1v) is 8.23. The fourth-order valence-electron chi connectivity index (χ4n) is 2.57. The molecule has 23 heavy (non-hydrogen) atoms. The molecule has 1 heterocycles. The van der Waals surface area contributed by atoms with Crippen LogP contribution in [0.1, 0.15) is 13.3 Å². The number of aliphatic carboxylic acids is 1. The van der Waals surface area contributed by atoms with Crippen molar-refractivity contribution >= 4 is 33.5 Å². The predicted molar refractivity (Wildman–Crippen MR) is 90.5 cm³/mol. The molecule has 2 atom stereocenters. The highest BCUT2D eigenvalue weighted by Crippen LogP contribution is 2.25. The van der Waals surface area contributed by atoms with Gasteiger partial charge in [-0.2, -0.15) is 0 Å². The number of anilines is 1. The molecule has 7 heteroatoms. The van der Waals surface area contributed by atoms with Gasteiger partial charge in [0.25, 0.3) is 5.91 Å². The Morgan fingerprint density at radius 2 is 2.09 bits per heavy atom. The standard InChI is InChI=1S/C16H21BrN2O4/c1-16(23-2,15(21)22)14(20)18-9-11-7-8-19(10-11)13-5-3-12(17)4-6-13/h3-6,11H,7-10H2,1-2H3,(H,18,20)(H,21,22). The number of carbonyl (C=O) groups is 2. The minimum Gasteiger partial charge on any atom is -0.479 e. The molecule has 2 rings (SSSR count). The molecular formula is C16H21BrN2O4. The number of nitrogens with one attached hydrogen (secondary N) is 1. The van der Waals surface area contributed by atoms with Crippen LogP contribution in [0.4, 0.5) is 5.69 Å². The maximum absolute atomic E-state index is 12.0. The van der Waals surface area contributed by atoms with E-state index in [-0.39, 0.29) is 5.92 Å². The Bertz CT molecular complexity index is 578. The molecule has 1 aromatic carbocycles. The van der Waals surface area contributed by atoms with Crippen LogP contribution in [0.5, 0.6) is 0 Å². The van der Waals surface area contributed by atoms with E-state index in [2.05, 4.69) is 38.3 Å². The fourth-order valence-corrected chi connectivity index (χ4v) is 2.83. The number of methoxy groups -OCH3 is 1. The molecule has 0 aliphatic carbocycles. The van der Waals surface area contributed by atoms with Crippen molar-refractivity contribution in [2.45, 2.75) is 18.9 Å². The molecular weight excluding hydrogens is 364 g/mol. The van der Waals surface area contributed by atoms with E-state index in [9.17, 15) is 9.59 Å². The summed E-state index contributed by atoms with van der Waals surface area (Å²) < 4.78 is 5.89. The molecule has 6 nitrogen and oxygen atoms in total. The Morgan fingerprint density at radius 1 is 1.43 bits per heavy atom. The van der Waals surface area contributed by atoms with Crippen molar-refractivity contribution in [1.29, 1.82) is 0 Å². The fraction of sp³-hybridized carbons (Fsp3) is 0.500. The second kappa shape index (κ2) is 7.31. The SMILES string of the molecule is COC(C)(C(=O)O)C(=O)NCC1CCN(c2ccc(Br)cc2)C1. The summed E-state index contributed by atoms with van der Waals surface area (Å²) in [5.74, 6) is -1.62. The molecule has 1 fully saturated rings. The van der Waals surface area contributed by atoms with Gasteiger partial charge in [0, 0.05) is 36.9 Å². The molecule has 0 radical (unpaired) electrons. The Morgan fingerprint density at radius 3 is 2.65 bits per heavy atom. The number of hydrogen-bond acceptors (Lipinski definition) is 4. The van der Waals surface area contributed by atoms with E-state index < -0.39 is 17.5 Å². The topological polar surface area (TPSA) is 78.9 Å². The molecule has 0 saturated carbocycles. The molecule has 1 amide bonds. The summed E-state index contributed by atoms with van der Waals surface area (Å²) in [6, 6.07) is 8.11. The maximum Gasteiger partial charge on any atom is 0.345 e. The van der Waals surface area contributed by atoms with Crippen molar-refractivity contribution in [2.75, 3.05) is 31.6 Å². The average molecular weight is 385 g/mol. The minimum atomic E-state index is -1.84. The second-order valence-corrected chi connectivity index (χ2v) is 6.75. The third-order valence-corrected chi connectivity index (χ3v) is 4.81. The smallest absolute Gasteiger partial charge is 0.345 e. The number of amides is 1. The lowest BCUT2D eigenvalue weighted by Gasteiger charge is -2.23. The van der Waals surface area contributed by atoms with Gasteiger partial charge in [0.1, 0.15) is 0 Å². The molecule has 2 unspecified atom stereocenters. The highest BCUT2D eigenvalue weighted by molar-refractivity contribution is 9.10. The highest BCUT2D eigenvalue weighted by Gasteiger charge is 2.41. The van der Waals surface area contributed by atoms with E-state index in [0.717, 1.165) is 29.7 Å². The number of carboxylic acid groups (broad SMARTS) is 1. The van der Waals surface area contributed by atoms with Crippen LogP contribution in [0.15, 0.2) is 28.7 Å². The van der Waals surface area contributed by atoms with Gasteiger partial charge in [-0.25, -0.2) is 4.79 Å². The predicted octanol–water partition coefficient (Wildman–Crippen LogP) is 1.88. The Kier molecular flexibility index (Phi) is 5.64. The number of carbonyl (C=O) groups excluding carboxylic acids is 1. The monoisotopic (exact) mass is 384 g/mol. The van der Waals surface area contributed by atoms with Gasteiger partial charge in [0.15, 0.2) is 0 Å². The van der Waals surface area contributed by atoms with Gasteiger partial charge in [-0.05, 0) is 43.5 Å². The first kappa shape index (κ1) is 17.7. The summed E-state index contributed by atoms with van der Waals surface area (Å²) >= 11 is 3.42. The van der Waals surface area contributed by atoms with Crippen LogP contribution >= 0.6 is 15.9 Å². The molecule has 0 bridgehead atoms. The minimum absolute atomic E-state index is 0.289. The first-order valence-electron chi connectivity index (χ1n) is 7.44. The normalized spacial score (nSPS) is 20.1. The van der Waals surface area contributed by atoms with Crippen LogP contribution in [0.25, 0.3) is 0 Å². The van der Waals surface area contributed by atoms with Crippen molar-refractivity contribution in [3.63, 3.8) is 0 Å². The maximum atomic E-state index is 12.0. The zero-order valence-electron chi connectivity index (χ0n) is 13.2. The largest absolute Gasteiger partial charge is 0.479 e. The van der Waals surface area contributed by atoms with Crippen LogP contribution in [0, 0.1) is 5.92 Å². The Hall–Kier alpha value is -1.60. The number of rotatable bonds is 6. The molecule has 1 saturated heterocycles. The molecule has 1 aromatic rings. The van der Waals surface area contributed by atoms with Gasteiger partial charge in [-0.3, -0.25) is 4.79 Å². The Balaban J connectivity index is 1.87. The summed E-state index contributed by atoms with van der Waals surface area (Å²) in [7, 11) is 1.22. The summed E-state index contributed by atoms with van der Waals surface area (Å²) in [4.78, 5) is 25.5. The molecule has 1 aliphatic rings. The lowest BCUT2D eigenvalue weighted by Crippen LogP contribution is -2.52. The zero-order valence-corrected chi connectivity index (χ0v) is 14.8. The van der Waals surface area contributed by atoms with Crippen molar-refractivity contribution in [2.24, 2.45) is 5.92 Å². The first-order chi connectivity index (χ1) is 10.9. The summed E-state index contributed by atoms with van der Waals surface area (Å²) in [6.07, 6.45) is 0.951. The van der Waals surface area contributed by atoms with E-state index in [1.165, 1.54) is 14.0 Å². The van der Waals surface area contributed by atoms with Crippen molar-refractivity contribution in [3.8, 4) is 0 Å². The summed E-state index contributed by atoms with van der Waals surface area (Å²) in [5.41, 5.74) is -0.696. The lowest BCUT2D eigenvalue weighted by molar-refractivity contribution is -0.167. The van der Waals surface area contributed by atoms with Gasteiger partial charge in [0.05, 0.1) is 0 Å². The number of carboxylic acids is 1. The van der Waals surface area contributed by atoms with Gasteiger partial charge < -0.3 is 20.1 Å². The number of halogens is 1.